The van der Waals surface area contributed by atoms with Gasteiger partial charge in [0.25, 0.3) is 0 Å². The summed E-state index contributed by atoms with van der Waals surface area (Å²) in [6.07, 6.45) is 3.99. The number of methoxy groups -OCH3 is 1. The van der Waals surface area contributed by atoms with E-state index in [1.165, 1.54) is 12.8 Å². The first-order valence-electron chi connectivity index (χ1n) is 12.4. The number of benzene rings is 1. The van der Waals surface area contributed by atoms with Crippen molar-refractivity contribution in [1.82, 2.24) is 24.0 Å². The van der Waals surface area contributed by atoms with Gasteiger partial charge in [-0.05, 0) is 62.1 Å². The molecule has 8 nitrogen and oxygen atoms in total. The average Bonchev–Trinajstić information content (AvgIpc) is 3.57. The van der Waals surface area contributed by atoms with Gasteiger partial charge in [0.15, 0.2) is 5.82 Å². The summed E-state index contributed by atoms with van der Waals surface area (Å²) in [5.41, 5.74) is 10.9. The van der Waals surface area contributed by atoms with Crippen LogP contribution in [0.5, 0.6) is 5.88 Å². The second kappa shape index (κ2) is 9.99. The monoisotopic (exact) mass is 492 g/mol. The molecule has 36 heavy (non-hydrogen) atoms. The lowest BCUT2D eigenvalue weighted by Crippen LogP contribution is -2.37. The minimum Gasteiger partial charge on any atom is -0.481 e. The molecule has 0 bridgehead atoms. The number of carbonyl (C=O) groups is 1. The van der Waals surface area contributed by atoms with Gasteiger partial charge in [-0.15, -0.1) is 0 Å². The van der Waals surface area contributed by atoms with Gasteiger partial charge in [-0.2, -0.15) is 4.98 Å². The lowest BCUT2D eigenvalue weighted by molar-refractivity contribution is 0.112. The highest BCUT2D eigenvalue weighted by molar-refractivity contribution is 5.90. The fourth-order valence-corrected chi connectivity index (χ4v) is 4.86. The molecular weight excluding hydrogens is 459 g/mol. The van der Waals surface area contributed by atoms with Crippen LogP contribution < -0.4 is 10.5 Å². The van der Waals surface area contributed by atoms with Gasteiger partial charge in [-0.25, -0.2) is 9.37 Å². The first-order chi connectivity index (χ1) is 17.4. The van der Waals surface area contributed by atoms with E-state index in [0.29, 0.717) is 36.9 Å². The normalized spacial score (nSPS) is 14.7. The Hall–Kier alpha value is -3.30. The molecule has 1 aliphatic carbocycles. The molecule has 1 unspecified atom stereocenters. The van der Waals surface area contributed by atoms with E-state index < -0.39 is 12.7 Å². The predicted molar refractivity (Wildman–Crippen MR) is 139 cm³/mol. The number of nitrogens with zero attached hydrogens (tertiary/aromatic N) is 5. The lowest BCUT2D eigenvalue weighted by Gasteiger charge is -2.19. The molecule has 3 aromatic heterocycles. The zero-order valence-corrected chi connectivity index (χ0v) is 21.1. The van der Waals surface area contributed by atoms with Gasteiger partial charge < -0.3 is 24.5 Å². The molecular formula is C27H33FN6O2. The largest absolute Gasteiger partial charge is 0.481 e. The summed E-state index contributed by atoms with van der Waals surface area (Å²) in [5, 5.41) is 1.04. The highest BCUT2D eigenvalue weighted by Gasteiger charge is 2.26. The number of fused-ring (bicyclic) bond motifs is 2. The number of ether oxygens (including phenoxy) is 1. The number of aromatic nitrogens is 4. The summed E-state index contributed by atoms with van der Waals surface area (Å²) in [4.78, 5) is 23.6. The van der Waals surface area contributed by atoms with E-state index in [-0.39, 0.29) is 0 Å². The number of halogens is 1. The summed E-state index contributed by atoms with van der Waals surface area (Å²) in [7, 11) is 5.55. The van der Waals surface area contributed by atoms with Crippen molar-refractivity contribution in [3.05, 3.63) is 41.5 Å². The van der Waals surface area contributed by atoms with Crippen LogP contribution in [0.15, 0.2) is 30.3 Å². The van der Waals surface area contributed by atoms with Gasteiger partial charge in [0.1, 0.15) is 18.6 Å². The maximum Gasteiger partial charge on any atom is 0.214 e. The summed E-state index contributed by atoms with van der Waals surface area (Å²) < 4.78 is 22.5. The van der Waals surface area contributed by atoms with E-state index in [0.717, 1.165) is 52.0 Å². The smallest absolute Gasteiger partial charge is 0.214 e. The molecule has 0 aliphatic heterocycles. The third kappa shape index (κ3) is 4.73. The molecule has 9 heteroatoms. The standard InChI is InChI=1S/C27H33FN6O2/c1-32(15-21(29)13-28)9-8-18-11-23-22(10-20(18)16-35)30-27(33(23)2)24-12-19-6-7-25(36-3)31-26(19)34(24)14-17-4-5-17/h6-7,10-12,16-17,21H,4-5,8-9,13-15,29H2,1-3H3. The Morgan fingerprint density at radius 3 is 2.78 bits per heavy atom. The summed E-state index contributed by atoms with van der Waals surface area (Å²) >= 11 is 0. The van der Waals surface area contributed by atoms with Crippen molar-refractivity contribution in [3.63, 3.8) is 0 Å². The number of imidazole rings is 1. The van der Waals surface area contributed by atoms with Crippen molar-refractivity contribution in [1.29, 1.82) is 0 Å². The van der Waals surface area contributed by atoms with Crippen LogP contribution in [0.4, 0.5) is 4.39 Å². The van der Waals surface area contributed by atoms with Crippen molar-refractivity contribution in [2.24, 2.45) is 18.7 Å². The molecule has 4 aromatic rings. The van der Waals surface area contributed by atoms with Gasteiger partial charge >= 0.3 is 0 Å². The fourth-order valence-electron chi connectivity index (χ4n) is 4.86. The molecule has 0 radical (unpaired) electrons. The zero-order chi connectivity index (χ0) is 25.4. The first-order valence-corrected chi connectivity index (χ1v) is 12.4. The summed E-state index contributed by atoms with van der Waals surface area (Å²) in [5.74, 6) is 2.08. The second-order valence-corrected chi connectivity index (χ2v) is 9.93. The molecule has 190 valence electrons. The number of hydrogen-bond donors (Lipinski definition) is 1. The van der Waals surface area contributed by atoms with E-state index in [1.807, 2.05) is 43.3 Å². The second-order valence-electron chi connectivity index (χ2n) is 9.93. The highest BCUT2D eigenvalue weighted by atomic mass is 19.1. The molecule has 2 N–H and O–H groups in total. The van der Waals surface area contributed by atoms with Gasteiger partial charge in [0, 0.05) is 49.7 Å². The Bertz CT molecular complexity index is 1410. The molecule has 1 aromatic carbocycles. The number of nitrogens with two attached hydrogens (primary N) is 1. The summed E-state index contributed by atoms with van der Waals surface area (Å²) in [6, 6.07) is 9.46. The minimum atomic E-state index is -0.548. The topological polar surface area (TPSA) is 91.2 Å². The van der Waals surface area contributed by atoms with Gasteiger partial charge in [-0.1, -0.05) is 0 Å². The van der Waals surface area contributed by atoms with Gasteiger partial charge in [-0.3, -0.25) is 4.79 Å². The molecule has 1 saturated carbocycles. The van der Waals surface area contributed by atoms with Crippen molar-refractivity contribution >= 4 is 28.4 Å². The Morgan fingerprint density at radius 1 is 1.28 bits per heavy atom. The van der Waals surface area contributed by atoms with E-state index in [9.17, 15) is 9.18 Å². The van der Waals surface area contributed by atoms with E-state index in [2.05, 4.69) is 15.2 Å². The fraction of sp³-hybridized carbons (Fsp3) is 0.444. The Balaban J connectivity index is 1.54. The van der Waals surface area contributed by atoms with Crippen LogP contribution in [0.25, 0.3) is 33.6 Å². The Morgan fingerprint density at radius 2 is 2.08 bits per heavy atom. The van der Waals surface area contributed by atoms with Crippen LogP contribution in [-0.2, 0) is 20.0 Å². The van der Waals surface area contributed by atoms with Crippen LogP contribution in [0.3, 0.4) is 0 Å². The first kappa shape index (κ1) is 24.4. The quantitative estimate of drug-likeness (QED) is 0.322. The van der Waals surface area contributed by atoms with Crippen LogP contribution in [0.2, 0.25) is 0 Å². The third-order valence-electron chi connectivity index (χ3n) is 7.07. The van der Waals surface area contributed by atoms with E-state index >= 15 is 0 Å². The molecule has 1 aliphatic rings. The minimum absolute atomic E-state index is 0.468. The van der Waals surface area contributed by atoms with E-state index in [1.54, 1.807) is 7.11 Å². The molecule has 0 amide bonds. The number of rotatable bonds is 11. The van der Waals surface area contributed by atoms with Crippen LogP contribution in [0, 0.1) is 5.92 Å². The van der Waals surface area contributed by atoms with Crippen LogP contribution in [-0.4, -0.2) is 70.3 Å². The molecule has 5 rings (SSSR count). The number of carbonyl (C=O) groups excluding carboxylic acids is 1. The van der Waals surface area contributed by atoms with E-state index in [4.69, 9.17) is 20.4 Å². The molecule has 3 heterocycles. The Kier molecular flexibility index (Phi) is 6.77. The predicted octanol–water partition coefficient (Wildman–Crippen LogP) is 3.59. The van der Waals surface area contributed by atoms with Crippen molar-refractivity contribution < 1.29 is 13.9 Å². The molecule has 1 fully saturated rings. The number of aldehydes is 1. The number of alkyl halides is 1. The van der Waals surface area contributed by atoms with Crippen LogP contribution >= 0.6 is 0 Å². The molecule has 0 spiro atoms. The van der Waals surface area contributed by atoms with Crippen molar-refractivity contribution in [2.45, 2.75) is 31.8 Å². The lowest BCUT2D eigenvalue weighted by atomic mass is 10.0. The number of likely N-dealkylation sites (N-methyl/N-ethyl adjacent to an activating group) is 1. The summed E-state index contributed by atoms with van der Waals surface area (Å²) in [6.45, 7) is 1.48. The Labute approximate surface area is 209 Å². The maximum absolute atomic E-state index is 12.8. The zero-order valence-electron chi connectivity index (χ0n) is 21.1. The van der Waals surface area contributed by atoms with Gasteiger partial charge in [0.2, 0.25) is 5.88 Å². The van der Waals surface area contributed by atoms with Crippen molar-refractivity contribution in [3.8, 4) is 17.4 Å². The number of hydrogen-bond acceptors (Lipinski definition) is 6. The number of pyridine rings is 1. The third-order valence-corrected chi connectivity index (χ3v) is 7.07. The van der Waals surface area contributed by atoms with Crippen molar-refractivity contribution in [2.75, 3.05) is 33.9 Å². The van der Waals surface area contributed by atoms with Crippen LogP contribution in [0.1, 0.15) is 28.8 Å². The molecule has 0 saturated heterocycles. The number of aryl methyl sites for hydroxylation is 1. The maximum atomic E-state index is 12.8. The molecule has 1 atom stereocenters. The average molecular weight is 493 g/mol. The SMILES string of the molecule is COc1ccc2cc(-c3nc4cc(C=O)c(CCN(C)CC(N)CF)cc4n3C)n(CC3CC3)c2n1. The highest BCUT2D eigenvalue weighted by Crippen LogP contribution is 2.36. The van der Waals surface area contributed by atoms with Gasteiger partial charge in [0.05, 0.1) is 23.8 Å².